The second kappa shape index (κ2) is 7.50. The second-order valence-corrected chi connectivity index (χ2v) is 8.14. The highest BCUT2D eigenvalue weighted by atomic mass is 16.7. The number of hydrogen-bond donors (Lipinski definition) is 4. The van der Waals surface area contributed by atoms with Crippen molar-refractivity contribution < 1.29 is 43.8 Å². The van der Waals surface area contributed by atoms with Crippen molar-refractivity contribution in [2.24, 2.45) is 5.41 Å². The Balaban J connectivity index is 1.58. The Bertz CT molecular complexity index is 786. The smallest absolute Gasteiger partial charge is 0.335 e. The third kappa shape index (κ3) is 3.22. The molecule has 1 aromatic rings. The maximum Gasteiger partial charge on any atom is 0.335 e. The summed E-state index contributed by atoms with van der Waals surface area (Å²) in [5, 5.41) is 39.5. The molecule has 0 bridgehead atoms. The first kappa shape index (κ1) is 20.5. The van der Waals surface area contributed by atoms with Crippen LogP contribution in [0, 0.1) is 5.41 Å². The van der Waals surface area contributed by atoms with Gasteiger partial charge in [-0.25, -0.2) is 4.79 Å². The summed E-state index contributed by atoms with van der Waals surface area (Å²) in [5.74, 6) is 0.144. The standard InChI is InChI=1S/C20H26O9/c1-9-10(27-19-16(24)15(23)14(22)12(8-21)28-19)5-6-20(2)13(9)18(25)29-17(20)11-4-3-7-26-11/h3-4,7,10,12,14-17,19,21-24H,5-6,8H2,1-2H3/t10-,12-,14-,15+,16-,17+,19-,20-/m1/s1. The number of furan rings is 1. The molecule has 4 N–H and O–H groups in total. The minimum Gasteiger partial charge on any atom is -0.465 e. The Morgan fingerprint density at radius 1 is 1.24 bits per heavy atom. The summed E-state index contributed by atoms with van der Waals surface area (Å²) in [7, 11) is 0. The molecule has 2 aliphatic heterocycles. The van der Waals surface area contributed by atoms with E-state index in [1.165, 1.54) is 6.26 Å². The topological polar surface area (TPSA) is 139 Å². The average molecular weight is 410 g/mol. The number of rotatable bonds is 4. The minimum absolute atomic E-state index is 0.437. The molecule has 0 amide bonds. The monoisotopic (exact) mass is 410 g/mol. The van der Waals surface area contributed by atoms with Crippen LogP contribution in [0.2, 0.25) is 0 Å². The SMILES string of the molecule is CC1=C2C(=O)O[C@@H](c3ccco3)[C@]2(C)CC[C@H]1O[C@@H]1O[C@H](CO)[C@@H](O)[C@H](O)[C@H]1O. The molecule has 0 saturated carbocycles. The summed E-state index contributed by atoms with van der Waals surface area (Å²) < 4.78 is 22.4. The molecule has 3 heterocycles. The van der Waals surface area contributed by atoms with Crippen LogP contribution in [0.4, 0.5) is 0 Å². The van der Waals surface area contributed by atoms with Crippen LogP contribution in [-0.4, -0.2) is 69.8 Å². The van der Waals surface area contributed by atoms with Crippen molar-refractivity contribution in [3.8, 4) is 0 Å². The van der Waals surface area contributed by atoms with Gasteiger partial charge in [-0.3, -0.25) is 0 Å². The Hall–Kier alpha value is -1.75. The van der Waals surface area contributed by atoms with Gasteiger partial charge in [0, 0.05) is 11.0 Å². The lowest BCUT2D eigenvalue weighted by Gasteiger charge is -2.43. The minimum atomic E-state index is -1.52. The van der Waals surface area contributed by atoms with Gasteiger partial charge >= 0.3 is 5.97 Å². The molecule has 2 fully saturated rings. The normalized spacial score (nSPS) is 42.7. The first-order valence-corrected chi connectivity index (χ1v) is 9.69. The summed E-state index contributed by atoms with van der Waals surface area (Å²) in [4.78, 5) is 12.7. The Morgan fingerprint density at radius 2 is 2.00 bits per heavy atom. The summed E-state index contributed by atoms with van der Waals surface area (Å²) >= 11 is 0. The van der Waals surface area contributed by atoms with E-state index in [1.807, 2.05) is 6.92 Å². The van der Waals surface area contributed by atoms with E-state index in [-0.39, 0.29) is 0 Å². The fourth-order valence-corrected chi connectivity index (χ4v) is 4.66. The van der Waals surface area contributed by atoms with Gasteiger partial charge in [-0.1, -0.05) is 6.92 Å². The van der Waals surface area contributed by atoms with Gasteiger partial charge in [-0.05, 0) is 37.5 Å². The highest BCUT2D eigenvalue weighted by molar-refractivity contribution is 5.94. The Morgan fingerprint density at radius 3 is 2.66 bits per heavy atom. The van der Waals surface area contributed by atoms with Gasteiger partial charge in [0.15, 0.2) is 12.4 Å². The van der Waals surface area contributed by atoms with E-state index < -0.39 is 60.9 Å². The zero-order valence-corrected chi connectivity index (χ0v) is 16.2. The number of cyclic esters (lactones) is 1. The van der Waals surface area contributed by atoms with Crippen molar-refractivity contribution in [3.63, 3.8) is 0 Å². The predicted molar refractivity (Wildman–Crippen MR) is 96.2 cm³/mol. The summed E-state index contributed by atoms with van der Waals surface area (Å²) in [6.45, 7) is 3.19. The second-order valence-electron chi connectivity index (χ2n) is 8.14. The van der Waals surface area contributed by atoms with Crippen molar-refractivity contribution in [1.82, 2.24) is 0 Å². The van der Waals surface area contributed by atoms with E-state index in [4.69, 9.17) is 18.6 Å². The molecule has 4 rings (SSSR count). The molecule has 9 heteroatoms. The quantitative estimate of drug-likeness (QED) is 0.512. The van der Waals surface area contributed by atoms with E-state index in [1.54, 1.807) is 19.1 Å². The van der Waals surface area contributed by atoms with Gasteiger partial charge < -0.3 is 39.1 Å². The van der Waals surface area contributed by atoms with Crippen LogP contribution in [0.1, 0.15) is 38.6 Å². The van der Waals surface area contributed by atoms with Gasteiger partial charge in [-0.2, -0.15) is 0 Å². The number of hydrogen-bond acceptors (Lipinski definition) is 9. The molecule has 8 atom stereocenters. The van der Waals surface area contributed by atoms with Crippen LogP contribution in [0.3, 0.4) is 0 Å². The third-order valence-electron chi connectivity index (χ3n) is 6.33. The lowest BCUT2D eigenvalue weighted by molar-refractivity contribution is -0.309. The summed E-state index contributed by atoms with van der Waals surface area (Å²) in [5.41, 5.74) is 0.600. The fraction of sp³-hybridized carbons (Fsp3) is 0.650. The maximum absolute atomic E-state index is 12.7. The molecule has 160 valence electrons. The molecule has 0 unspecified atom stereocenters. The van der Waals surface area contributed by atoms with Crippen molar-refractivity contribution in [1.29, 1.82) is 0 Å². The summed E-state index contributed by atoms with van der Waals surface area (Å²) in [6.07, 6.45) is -5.23. The number of aliphatic hydroxyl groups is 4. The van der Waals surface area contributed by atoms with E-state index in [0.29, 0.717) is 29.7 Å². The van der Waals surface area contributed by atoms with Crippen molar-refractivity contribution >= 4 is 5.97 Å². The molecule has 0 radical (unpaired) electrons. The molecule has 0 spiro atoms. The first-order chi connectivity index (χ1) is 13.8. The fourth-order valence-electron chi connectivity index (χ4n) is 4.66. The van der Waals surface area contributed by atoms with E-state index in [0.717, 1.165) is 0 Å². The lowest BCUT2D eigenvalue weighted by Crippen LogP contribution is -2.59. The number of carbonyl (C=O) groups is 1. The first-order valence-electron chi connectivity index (χ1n) is 9.69. The van der Waals surface area contributed by atoms with Crippen molar-refractivity contribution in [3.05, 3.63) is 35.3 Å². The van der Waals surface area contributed by atoms with Crippen molar-refractivity contribution in [2.75, 3.05) is 6.61 Å². The highest BCUT2D eigenvalue weighted by Gasteiger charge is 2.56. The molecule has 1 aromatic heterocycles. The van der Waals surface area contributed by atoms with Gasteiger partial charge in [-0.15, -0.1) is 0 Å². The van der Waals surface area contributed by atoms with Crippen LogP contribution < -0.4 is 0 Å². The van der Waals surface area contributed by atoms with Crippen LogP contribution in [0.5, 0.6) is 0 Å². The number of carbonyl (C=O) groups excluding carboxylic acids is 1. The number of aliphatic hydroxyl groups excluding tert-OH is 4. The molecule has 9 nitrogen and oxygen atoms in total. The van der Waals surface area contributed by atoms with Crippen LogP contribution in [0.25, 0.3) is 0 Å². The molecule has 2 saturated heterocycles. The maximum atomic E-state index is 12.7. The zero-order chi connectivity index (χ0) is 20.9. The molecule has 0 aromatic carbocycles. The summed E-state index contributed by atoms with van der Waals surface area (Å²) in [6, 6.07) is 3.52. The van der Waals surface area contributed by atoms with E-state index in [9.17, 15) is 25.2 Å². The van der Waals surface area contributed by atoms with Crippen LogP contribution >= 0.6 is 0 Å². The third-order valence-corrected chi connectivity index (χ3v) is 6.33. The van der Waals surface area contributed by atoms with E-state index in [2.05, 4.69) is 0 Å². The number of esters is 1. The van der Waals surface area contributed by atoms with Gasteiger partial charge in [0.2, 0.25) is 0 Å². The van der Waals surface area contributed by atoms with E-state index >= 15 is 0 Å². The molecular formula is C20H26O9. The number of ether oxygens (including phenoxy) is 3. The Kier molecular flexibility index (Phi) is 5.30. The predicted octanol–water partition coefficient (Wildman–Crippen LogP) is 0.179. The average Bonchev–Trinajstić information content (AvgIpc) is 3.31. The molecule has 1 aliphatic carbocycles. The van der Waals surface area contributed by atoms with Gasteiger partial charge in [0.05, 0.1) is 19.0 Å². The van der Waals surface area contributed by atoms with Gasteiger partial charge in [0.25, 0.3) is 0 Å². The van der Waals surface area contributed by atoms with Crippen molar-refractivity contribution in [2.45, 2.75) is 69.6 Å². The van der Waals surface area contributed by atoms with Gasteiger partial charge in [0.1, 0.15) is 30.2 Å². The zero-order valence-electron chi connectivity index (χ0n) is 16.2. The van der Waals surface area contributed by atoms with Crippen LogP contribution in [-0.2, 0) is 19.0 Å². The number of fused-ring (bicyclic) bond motifs is 1. The molecule has 3 aliphatic rings. The lowest BCUT2D eigenvalue weighted by atomic mass is 9.68. The highest BCUT2D eigenvalue weighted by Crippen LogP contribution is 2.56. The largest absolute Gasteiger partial charge is 0.465 e. The molecular weight excluding hydrogens is 384 g/mol. The van der Waals surface area contributed by atoms with Crippen LogP contribution in [0.15, 0.2) is 34.0 Å². The molecule has 29 heavy (non-hydrogen) atoms. The Labute approximate surface area is 167 Å².